The molecule has 0 heterocycles. The van der Waals surface area contributed by atoms with E-state index in [1.807, 2.05) is 6.07 Å². The molecule has 1 aliphatic rings. The van der Waals surface area contributed by atoms with Crippen LogP contribution in [0.3, 0.4) is 0 Å². The standard InChI is InChI=1S/C15H12BrCl/c16-15-9-13(10-4-2-1-3-5-10)12-7-6-11(17)8-14(12)15/h1-8,13,15H,9H2/t13-,15-/m0/s1. The Hall–Kier alpha value is -0.790. The number of hydrogen-bond acceptors (Lipinski definition) is 0. The zero-order valence-corrected chi connectivity index (χ0v) is 11.6. The fourth-order valence-electron chi connectivity index (χ4n) is 2.60. The average Bonchev–Trinajstić information content (AvgIpc) is 2.68. The summed E-state index contributed by atoms with van der Waals surface area (Å²) < 4.78 is 0. The number of benzene rings is 2. The molecule has 86 valence electrons. The van der Waals surface area contributed by atoms with Crippen molar-refractivity contribution in [1.82, 2.24) is 0 Å². The minimum Gasteiger partial charge on any atom is -0.0843 e. The number of halogens is 2. The second kappa shape index (κ2) is 4.47. The quantitative estimate of drug-likeness (QED) is 0.626. The molecule has 0 N–H and O–H groups in total. The molecule has 2 aromatic rings. The first-order valence-electron chi connectivity index (χ1n) is 5.74. The molecule has 2 aromatic carbocycles. The van der Waals surface area contributed by atoms with Gasteiger partial charge in [-0.1, -0.05) is 63.9 Å². The molecule has 0 nitrogen and oxygen atoms in total. The Balaban J connectivity index is 2.08. The van der Waals surface area contributed by atoms with Gasteiger partial charge in [-0.2, -0.15) is 0 Å². The van der Waals surface area contributed by atoms with Crippen LogP contribution in [-0.4, -0.2) is 0 Å². The maximum atomic E-state index is 6.06. The van der Waals surface area contributed by atoms with Gasteiger partial charge in [-0.3, -0.25) is 0 Å². The Morgan fingerprint density at radius 1 is 1.00 bits per heavy atom. The second-order valence-electron chi connectivity index (χ2n) is 4.44. The highest BCUT2D eigenvalue weighted by Crippen LogP contribution is 2.48. The summed E-state index contributed by atoms with van der Waals surface area (Å²) in [6, 6.07) is 16.9. The Morgan fingerprint density at radius 2 is 1.76 bits per heavy atom. The molecule has 1 aliphatic carbocycles. The molecule has 0 radical (unpaired) electrons. The summed E-state index contributed by atoms with van der Waals surface area (Å²) in [6.07, 6.45) is 1.11. The molecule has 0 aliphatic heterocycles. The van der Waals surface area contributed by atoms with Crippen molar-refractivity contribution in [2.75, 3.05) is 0 Å². The predicted octanol–water partition coefficient (Wildman–Crippen LogP) is 5.31. The molecule has 0 aromatic heterocycles. The molecule has 0 saturated carbocycles. The fourth-order valence-corrected chi connectivity index (χ4v) is 3.55. The highest BCUT2D eigenvalue weighted by molar-refractivity contribution is 9.09. The van der Waals surface area contributed by atoms with Crippen LogP contribution < -0.4 is 0 Å². The summed E-state index contributed by atoms with van der Waals surface area (Å²) in [7, 11) is 0. The van der Waals surface area contributed by atoms with Crippen LogP contribution in [0.1, 0.15) is 33.9 Å². The average molecular weight is 308 g/mol. The molecular weight excluding hydrogens is 296 g/mol. The lowest BCUT2D eigenvalue weighted by Crippen LogP contribution is -1.95. The van der Waals surface area contributed by atoms with Crippen molar-refractivity contribution >= 4 is 27.5 Å². The van der Waals surface area contributed by atoms with E-state index in [1.54, 1.807) is 0 Å². The third-order valence-electron chi connectivity index (χ3n) is 3.41. The molecule has 0 unspecified atom stereocenters. The van der Waals surface area contributed by atoms with Gasteiger partial charge in [0.05, 0.1) is 0 Å². The fraction of sp³-hybridized carbons (Fsp3) is 0.200. The second-order valence-corrected chi connectivity index (χ2v) is 5.98. The van der Waals surface area contributed by atoms with Crippen LogP contribution in [0.25, 0.3) is 0 Å². The Bertz CT molecular complexity index is 536. The van der Waals surface area contributed by atoms with Gasteiger partial charge in [-0.15, -0.1) is 0 Å². The van der Waals surface area contributed by atoms with Gasteiger partial charge >= 0.3 is 0 Å². The minimum absolute atomic E-state index is 0.418. The Labute approximate surface area is 115 Å². The molecule has 0 amide bonds. The largest absolute Gasteiger partial charge is 0.0843 e. The van der Waals surface area contributed by atoms with Gasteiger partial charge < -0.3 is 0 Å². The van der Waals surface area contributed by atoms with Crippen LogP contribution in [0.5, 0.6) is 0 Å². The number of rotatable bonds is 1. The van der Waals surface area contributed by atoms with E-state index in [4.69, 9.17) is 11.6 Å². The van der Waals surface area contributed by atoms with Crippen molar-refractivity contribution in [3.63, 3.8) is 0 Å². The van der Waals surface area contributed by atoms with Crippen LogP contribution >= 0.6 is 27.5 Å². The molecule has 0 saturated heterocycles. The van der Waals surface area contributed by atoms with Crippen LogP contribution in [0, 0.1) is 0 Å². The first-order chi connectivity index (χ1) is 8.25. The normalized spacial score (nSPS) is 22.5. The van der Waals surface area contributed by atoms with Crippen molar-refractivity contribution in [3.05, 3.63) is 70.2 Å². The van der Waals surface area contributed by atoms with Crippen molar-refractivity contribution in [1.29, 1.82) is 0 Å². The van der Waals surface area contributed by atoms with Crippen LogP contribution in [0.15, 0.2) is 48.5 Å². The van der Waals surface area contributed by atoms with E-state index in [0.29, 0.717) is 10.7 Å². The van der Waals surface area contributed by atoms with E-state index in [-0.39, 0.29) is 0 Å². The maximum Gasteiger partial charge on any atom is 0.0409 e. The zero-order valence-electron chi connectivity index (χ0n) is 9.24. The van der Waals surface area contributed by atoms with Gasteiger partial charge in [0.2, 0.25) is 0 Å². The van der Waals surface area contributed by atoms with Gasteiger partial charge in [0.15, 0.2) is 0 Å². The predicted molar refractivity (Wildman–Crippen MR) is 76.0 cm³/mol. The summed E-state index contributed by atoms with van der Waals surface area (Å²) >= 11 is 9.81. The molecule has 0 spiro atoms. The van der Waals surface area contributed by atoms with Crippen LogP contribution in [-0.2, 0) is 0 Å². The van der Waals surface area contributed by atoms with E-state index >= 15 is 0 Å². The lowest BCUT2D eigenvalue weighted by molar-refractivity contribution is 0.784. The molecule has 3 rings (SSSR count). The van der Waals surface area contributed by atoms with Gasteiger partial charge in [0.1, 0.15) is 0 Å². The van der Waals surface area contributed by atoms with Gasteiger partial charge in [-0.25, -0.2) is 0 Å². The van der Waals surface area contributed by atoms with Crippen LogP contribution in [0.2, 0.25) is 5.02 Å². The molecule has 0 fully saturated rings. The minimum atomic E-state index is 0.418. The highest BCUT2D eigenvalue weighted by Gasteiger charge is 2.30. The van der Waals surface area contributed by atoms with Gasteiger partial charge in [-0.05, 0) is 35.2 Å². The molecule has 17 heavy (non-hydrogen) atoms. The molecule has 2 heteroatoms. The Morgan fingerprint density at radius 3 is 2.53 bits per heavy atom. The van der Waals surface area contributed by atoms with E-state index < -0.39 is 0 Å². The lowest BCUT2D eigenvalue weighted by atomic mass is 9.93. The molecular formula is C15H12BrCl. The summed E-state index contributed by atoms with van der Waals surface area (Å²) in [5.41, 5.74) is 4.13. The highest BCUT2D eigenvalue weighted by atomic mass is 79.9. The van der Waals surface area contributed by atoms with Crippen molar-refractivity contribution < 1.29 is 0 Å². The third kappa shape index (κ3) is 2.02. The molecule has 0 bridgehead atoms. The van der Waals surface area contributed by atoms with E-state index in [0.717, 1.165) is 11.4 Å². The number of alkyl halides is 1. The summed E-state index contributed by atoms with van der Waals surface area (Å²) in [4.78, 5) is 0.418. The van der Waals surface area contributed by atoms with Gasteiger partial charge in [0.25, 0.3) is 0 Å². The summed E-state index contributed by atoms with van der Waals surface area (Å²) in [6.45, 7) is 0. The van der Waals surface area contributed by atoms with E-state index in [9.17, 15) is 0 Å². The van der Waals surface area contributed by atoms with Crippen LogP contribution in [0.4, 0.5) is 0 Å². The summed E-state index contributed by atoms with van der Waals surface area (Å²) in [5.74, 6) is 0.493. The topological polar surface area (TPSA) is 0 Å². The van der Waals surface area contributed by atoms with Gasteiger partial charge in [0, 0.05) is 15.8 Å². The number of hydrogen-bond donors (Lipinski definition) is 0. The van der Waals surface area contributed by atoms with Crippen molar-refractivity contribution in [2.45, 2.75) is 17.2 Å². The van der Waals surface area contributed by atoms with E-state index in [1.165, 1.54) is 16.7 Å². The maximum absolute atomic E-state index is 6.06. The lowest BCUT2D eigenvalue weighted by Gasteiger charge is -2.11. The van der Waals surface area contributed by atoms with Crippen molar-refractivity contribution in [3.8, 4) is 0 Å². The summed E-state index contributed by atoms with van der Waals surface area (Å²) in [5, 5.41) is 0.821. The smallest absolute Gasteiger partial charge is 0.0409 e. The SMILES string of the molecule is Clc1ccc2c(c1)[C@@H](Br)C[C@H]2c1ccccc1. The number of fused-ring (bicyclic) bond motifs is 1. The zero-order chi connectivity index (χ0) is 11.8. The first-order valence-corrected chi connectivity index (χ1v) is 7.03. The van der Waals surface area contributed by atoms with E-state index in [2.05, 4.69) is 58.4 Å². The van der Waals surface area contributed by atoms with Crippen molar-refractivity contribution in [2.24, 2.45) is 0 Å². The first kappa shape index (κ1) is 11.3. The Kier molecular flexibility index (Phi) is 2.97. The molecule has 2 atom stereocenters. The third-order valence-corrected chi connectivity index (χ3v) is 4.51. The monoisotopic (exact) mass is 306 g/mol.